The van der Waals surface area contributed by atoms with Crippen LogP contribution in [-0.4, -0.2) is 27.5 Å². The predicted molar refractivity (Wildman–Crippen MR) is 99.9 cm³/mol. The number of amides is 1. The van der Waals surface area contributed by atoms with Crippen LogP contribution in [0.5, 0.6) is 0 Å². The summed E-state index contributed by atoms with van der Waals surface area (Å²) in [6.45, 7) is 5.92. The zero-order valence-corrected chi connectivity index (χ0v) is 14.5. The number of carbonyl (C=O) groups is 1. The lowest BCUT2D eigenvalue weighted by atomic mass is 10.2. The first-order valence-electron chi connectivity index (χ1n) is 7.67. The highest BCUT2D eigenvalue weighted by Crippen LogP contribution is 2.33. The Hall–Kier alpha value is -2.73. The van der Waals surface area contributed by atoms with Gasteiger partial charge >= 0.3 is 0 Å². The minimum atomic E-state index is -0.342. The number of aliphatic imine (C=N–C) groups is 1. The lowest BCUT2D eigenvalue weighted by molar-refractivity contribution is -0.121. The van der Waals surface area contributed by atoms with E-state index in [-0.39, 0.29) is 11.7 Å². The lowest BCUT2D eigenvalue weighted by Crippen LogP contribution is -2.29. The van der Waals surface area contributed by atoms with Gasteiger partial charge in [0.15, 0.2) is 11.0 Å². The highest BCUT2D eigenvalue weighted by Gasteiger charge is 2.32. The van der Waals surface area contributed by atoms with Crippen LogP contribution in [0.4, 0.5) is 10.2 Å². The molecule has 1 aliphatic rings. The fourth-order valence-electron chi connectivity index (χ4n) is 2.32. The number of rotatable bonds is 4. The molecular formula is C19H16FN3OS. The van der Waals surface area contributed by atoms with Crippen molar-refractivity contribution < 1.29 is 9.18 Å². The number of nitrogens with zero attached hydrogens (tertiary/aromatic N) is 3. The number of thioether (sulfide) groups is 1. The second kappa shape index (κ2) is 7.44. The highest BCUT2D eigenvalue weighted by molar-refractivity contribution is 8.18. The lowest BCUT2D eigenvalue weighted by Gasteiger charge is -2.12. The SMILES string of the molecule is C=CCN1C(=O)/C(=C/c2cccc(F)c2)S/C1=N/c1cccc(C)n1. The van der Waals surface area contributed by atoms with Crippen molar-refractivity contribution >= 4 is 34.7 Å². The van der Waals surface area contributed by atoms with Gasteiger partial charge < -0.3 is 0 Å². The summed E-state index contributed by atoms with van der Waals surface area (Å²) in [6.07, 6.45) is 3.31. The van der Waals surface area contributed by atoms with Gasteiger partial charge in [-0.1, -0.05) is 24.3 Å². The molecule has 1 aliphatic heterocycles. The van der Waals surface area contributed by atoms with Crippen LogP contribution < -0.4 is 0 Å². The van der Waals surface area contributed by atoms with E-state index in [1.54, 1.807) is 30.4 Å². The Morgan fingerprint density at radius 2 is 2.12 bits per heavy atom. The molecule has 0 N–H and O–H groups in total. The Bertz CT molecular complexity index is 892. The first-order chi connectivity index (χ1) is 12.1. The third-order valence-electron chi connectivity index (χ3n) is 3.43. The molecule has 0 spiro atoms. The molecule has 126 valence electrons. The molecule has 2 heterocycles. The Balaban J connectivity index is 1.96. The maximum absolute atomic E-state index is 13.4. The average Bonchev–Trinajstić information content (AvgIpc) is 2.84. The molecule has 1 fully saturated rings. The third kappa shape index (κ3) is 4.03. The quantitative estimate of drug-likeness (QED) is 0.607. The number of hydrogen-bond donors (Lipinski definition) is 0. The van der Waals surface area contributed by atoms with E-state index >= 15 is 0 Å². The van der Waals surface area contributed by atoms with Crippen LogP contribution in [0.3, 0.4) is 0 Å². The van der Waals surface area contributed by atoms with Crippen molar-refractivity contribution in [2.24, 2.45) is 4.99 Å². The van der Waals surface area contributed by atoms with Gasteiger partial charge in [-0.05, 0) is 54.6 Å². The van der Waals surface area contributed by atoms with Crippen molar-refractivity contribution in [2.45, 2.75) is 6.92 Å². The minimum Gasteiger partial charge on any atom is -0.282 e. The van der Waals surface area contributed by atoms with Crippen molar-refractivity contribution in [3.63, 3.8) is 0 Å². The van der Waals surface area contributed by atoms with Gasteiger partial charge in [-0.25, -0.2) is 14.4 Å². The van der Waals surface area contributed by atoms with Crippen LogP contribution in [-0.2, 0) is 4.79 Å². The van der Waals surface area contributed by atoms with Gasteiger partial charge in [0.05, 0.1) is 4.91 Å². The molecule has 0 saturated carbocycles. The molecule has 0 atom stereocenters. The smallest absolute Gasteiger partial charge is 0.267 e. The molecule has 1 saturated heterocycles. The van der Waals surface area contributed by atoms with Crippen molar-refractivity contribution in [1.29, 1.82) is 0 Å². The van der Waals surface area contributed by atoms with Gasteiger partial charge in [-0.2, -0.15) is 0 Å². The van der Waals surface area contributed by atoms with Crippen LogP contribution in [0.2, 0.25) is 0 Å². The number of hydrogen-bond acceptors (Lipinski definition) is 4. The number of benzene rings is 1. The van der Waals surface area contributed by atoms with E-state index in [9.17, 15) is 9.18 Å². The predicted octanol–water partition coefficient (Wildman–Crippen LogP) is 4.32. The van der Waals surface area contributed by atoms with Crippen LogP contribution in [0, 0.1) is 12.7 Å². The van der Waals surface area contributed by atoms with Crippen LogP contribution in [0.25, 0.3) is 6.08 Å². The van der Waals surface area contributed by atoms with Gasteiger partial charge in [0, 0.05) is 12.2 Å². The second-order valence-corrected chi connectivity index (χ2v) is 6.41. The maximum Gasteiger partial charge on any atom is 0.267 e. The minimum absolute atomic E-state index is 0.180. The molecular weight excluding hydrogens is 337 g/mol. The van der Waals surface area contributed by atoms with E-state index in [1.165, 1.54) is 28.8 Å². The zero-order chi connectivity index (χ0) is 17.8. The Labute approximate surface area is 149 Å². The molecule has 0 aliphatic carbocycles. The molecule has 2 aromatic rings. The number of carbonyl (C=O) groups excluding carboxylic acids is 1. The summed E-state index contributed by atoms with van der Waals surface area (Å²) in [5, 5.41) is 0.533. The molecule has 0 bridgehead atoms. The summed E-state index contributed by atoms with van der Waals surface area (Å²) in [6, 6.07) is 11.6. The normalized spacial score (nSPS) is 17.5. The number of aryl methyl sites for hydroxylation is 1. The van der Waals surface area contributed by atoms with Crippen LogP contribution in [0.15, 0.2) is 65.0 Å². The first kappa shape index (κ1) is 17.1. The fourth-order valence-corrected chi connectivity index (χ4v) is 3.31. The van der Waals surface area contributed by atoms with Gasteiger partial charge in [-0.3, -0.25) is 9.69 Å². The average molecular weight is 353 g/mol. The van der Waals surface area contributed by atoms with Crippen molar-refractivity contribution in [3.05, 3.63) is 77.1 Å². The third-order valence-corrected chi connectivity index (χ3v) is 4.44. The fraction of sp³-hybridized carbons (Fsp3) is 0.105. The summed E-state index contributed by atoms with van der Waals surface area (Å²) in [5.74, 6) is 0.0162. The Kier molecular flexibility index (Phi) is 5.09. The summed E-state index contributed by atoms with van der Waals surface area (Å²) in [7, 11) is 0. The van der Waals surface area contributed by atoms with E-state index in [0.717, 1.165) is 5.69 Å². The number of aromatic nitrogens is 1. The summed E-state index contributed by atoms with van der Waals surface area (Å²) >= 11 is 1.25. The largest absolute Gasteiger partial charge is 0.282 e. The van der Waals surface area contributed by atoms with E-state index < -0.39 is 0 Å². The molecule has 1 aromatic heterocycles. The standard InChI is InChI=1S/C19H16FN3OS/c1-3-10-23-18(24)16(12-14-7-5-8-15(20)11-14)25-19(23)22-17-9-4-6-13(2)21-17/h3-9,11-12H,1,10H2,2H3/b16-12-,22-19+. The topological polar surface area (TPSA) is 45.6 Å². The molecule has 1 amide bonds. The van der Waals surface area contributed by atoms with E-state index in [0.29, 0.717) is 28.0 Å². The van der Waals surface area contributed by atoms with E-state index in [2.05, 4.69) is 16.6 Å². The molecule has 25 heavy (non-hydrogen) atoms. The second-order valence-electron chi connectivity index (χ2n) is 5.40. The number of amidine groups is 1. The van der Waals surface area contributed by atoms with Gasteiger partial charge in [-0.15, -0.1) is 6.58 Å². The monoisotopic (exact) mass is 353 g/mol. The van der Waals surface area contributed by atoms with E-state index in [4.69, 9.17) is 0 Å². The Morgan fingerprint density at radius 3 is 2.84 bits per heavy atom. The van der Waals surface area contributed by atoms with Crippen LogP contribution in [0.1, 0.15) is 11.3 Å². The van der Waals surface area contributed by atoms with Crippen LogP contribution >= 0.6 is 11.8 Å². The van der Waals surface area contributed by atoms with Gasteiger partial charge in [0.25, 0.3) is 5.91 Å². The van der Waals surface area contributed by atoms with Gasteiger partial charge in [0.1, 0.15) is 5.82 Å². The van der Waals surface area contributed by atoms with Gasteiger partial charge in [0.2, 0.25) is 0 Å². The summed E-state index contributed by atoms with van der Waals surface area (Å²) in [5.41, 5.74) is 1.48. The molecule has 0 unspecified atom stereocenters. The molecule has 4 nitrogen and oxygen atoms in total. The highest BCUT2D eigenvalue weighted by atomic mass is 32.2. The van der Waals surface area contributed by atoms with Crippen molar-refractivity contribution in [1.82, 2.24) is 9.88 Å². The molecule has 1 aromatic carbocycles. The summed E-state index contributed by atoms with van der Waals surface area (Å²) in [4.78, 5) is 23.5. The molecule has 3 rings (SSSR count). The number of pyridine rings is 1. The summed E-state index contributed by atoms with van der Waals surface area (Å²) < 4.78 is 13.4. The maximum atomic E-state index is 13.4. The van der Waals surface area contributed by atoms with E-state index in [1.807, 2.05) is 19.1 Å². The molecule has 0 radical (unpaired) electrons. The molecule has 6 heteroatoms. The Morgan fingerprint density at radius 1 is 1.32 bits per heavy atom. The first-order valence-corrected chi connectivity index (χ1v) is 8.48. The zero-order valence-electron chi connectivity index (χ0n) is 13.6. The van der Waals surface area contributed by atoms with Crippen molar-refractivity contribution in [2.75, 3.05) is 6.54 Å². The number of halogens is 1. The van der Waals surface area contributed by atoms with Crippen molar-refractivity contribution in [3.8, 4) is 0 Å².